The number of hydrogen-bond donors (Lipinski definition) is 2. The minimum Gasteiger partial charge on any atom is -0.444 e. The standard InChI is InChI=1S/C25H25Cl2N5O3S/c1-16(2)8-11-32(23(33)29-10-9-28)24-31-22(15-36-24)18-4-3-5-19(13-18)30-25(34)35-14-17-6-7-20(26)21(27)12-17/h3-7,12-13,15-16H,8,10-11,14H2,1-2H3,(H,29,33)(H,30,34). The van der Waals surface area contributed by atoms with Gasteiger partial charge in [-0.1, -0.05) is 55.2 Å². The van der Waals surface area contributed by atoms with E-state index in [1.807, 2.05) is 17.5 Å². The molecule has 3 amide bonds. The number of carbonyl (C=O) groups excluding carboxylic acids is 2. The van der Waals surface area contributed by atoms with Crippen molar-refractivity contribution in [3.8, 4) is 17.3 Å². The van der Waals surface area contributed by atoms with Gasteiger partial charge in [-0.15, -0.1) is 11.3 Å². The molecule has 0 atom stereocenters. The Balaban J connectivity index is 1.67. The number of aromatic nitrogens is 1. The van der Waals surface area contributed by atoms with Gasteiger partial charge < -0.3 is 10.1 Å². The van der Waals surface area contributed by atoms with Crippen LogP contribution in [-0.4, -0.2) is 30.2 Å². The van der Waals surface area contributed by atoms with E-state index in [0.29, 0.717) is 44.6 Å². The van der Waals surface area contributed by atoms with Crippen LogP contribution in [0, 0.1) is 17.2 Å². The number of halogens is 2. The van der Waals surface area contributed by atoms with Crippen LogP contribution in [0.1, 0.15) is 25.8 Å². The monoisotopic (exact) mass is 545 g/mol. The van der Waals surface area contributed by atoms with Gasteiger partial charge in [0.25, 0.3) is 0 Å². The summed E-state index contributed by atoms with van der Waals surface area (Å²) in [7, 11) is 0. The molecule has 2 N–H and O–H groups in total. The number of thiazole rings is 1. The fourth-order valence-corrected chi connectivity index (χ4v) is 4.27. The predicted octanol–water partition coefficient (Wildman–Crippen LogP) is 6.95. The van der Waals surface area contributed by atoms with Crippen molar-refractivity contribution in [3.05, 3.63) is 63.5 Å². The highest BCUT2D eigenvalue weighted by molar-refractivity contribution is 7.14. The first-order chi connectivity index (χ1) is 17.3. The van der Waals surface area contributed by atoms with Crippen LogP contribution in [0.25, 0.3) is 11.3 Å². The van der Waals surface area contributed by atoms with Crippen molar-refractivity contribution in [2.75, 3.05) is 23.3 Å². The van der Waals surface area contributed by atoms with Crippen LogP contribution in [0.5, 0.6) is 0 Å². The first-order valence-electron chi connectivity index (χ1n) is 11.1. The SMILES string of the molecule is CC(C)CCN(C(=O)NCC#N)c1nc(-c2cccc(NC(=O)OCc3ccc(Cl)c(Cl)c3)c2)cs1. The Hall–Kier alpha value is -3.32. The van der Waals surface area contributed by atoms with Gasteiger partial charge in [-0.25, -0.2) is 14.6 Å². The highest BCUT2D eigenvalue weighted by Gasteiger charge is 2.20. The Labute approximate surface area is 223 Å². The van der Waals surface area contributed by atoms with E-state index in [-0.39, 0.29) is 19.2 Å². The van der Waals surface area contributed by atoms with E-state index in [1.54, 1.807) is 41.3 Å². The molecule has 188 valence electrons. The molecule has 0 fully saturated rings. The maximum absolute atomic E-state index is 12.6. The fraction of sp³-hybridized carbons (Fsp3) is 0.280. The molecule has 8 nitrogen and oxygen atoms in total. The smallest absolute Gasteiger partial charge is 0.411 e. The number of nitrogens with zero attached hydrogens (tertiary/aromatic N) is 3. The second-order valence-electron chi connectivity index (χ2n) is 8.20. The van der Waals surface area contributed by atoms with Crippen LogP contribution in [0.4, 0.5) is 20.4 Å². The zero-order valence-corrected chi connectivity index (χ0v) is 22.1. The summed E-state index contributed by atoms with van der Waals surface area (Å²) in [6.45, 7) is 4.59. The van der Waals surface area contributed by atoms with E-state index in [1.165, 1.54) is 11.3 Å². The summed E-state index contributed by atoms with van der Waals surface area (Å²) >= 11 is 13.2. The van der Waals surface area contributed by atoms with Crippen molar-refractivity contribution in [1.82, 2.24) is 10.3 Å². The Kier molecular flexibility index (Phi) is 9.94. The summed E-state index contributed by atoms with van der Waals surface area (Å²) in [5.41, 5.74) is 2.67. The van der Waals surface area contributed by atoms with Gasteiger partial charge in [0.1, 0.15) is 13.2 Å². The van der Waals surface area contributed by atoms with Crippen molar-refractivity contribution in [2.24, 2.45) is 5.92 Å². The van der Waals surface area contributed by atoms with Crippen molar-refractivity contribution < 1.29 is 14.3 Å². The second-order valence-corrected chi connectivity index (χ2v) is 9.85. The lowest BCUT2D eigenvalue weighted by Crippen LogP contribution is -2.41. The Morgan fingerprint density at radius 2 is 2.00 bits per heavy atom. The zero-order valence-electron chi connectivity index (χ0n) is 19.8. The summed E-state index contributed by atoms with van der Waals surface area (Å²) in [6.07, 6.45) is 0.171. The van der Waals surface area contributed by atoms with E-state index >= 15 is 0 Å². The van der Waals surface area contributed by atoms with Crippen molar-refractivity contribution in [3.63, 3.8) is 0 Å². The molecule has 0 unspecified atom stereocenters. The molecule has 0 aliphatic heterocycles. The molecule has 0 saturated carbocycles. The highest BCUT2D eigenvalue weighted by atomic mass is 35.5. The maximum atomic E-state index is 12.6. The molecule has 36 heavy (non-hydrogen) atoms. The van der Waals surface area contributed by atoms with E-state index < -0.39 is 6.09 Å². The molecule has 0 saturated heterocycles. The molecule has 1 heterocycles. The Morgan fingerprint density at radius 3 is 2.72 bits per heavy atom. The molecule has 0 aliphatic rings. The van der Waals surface area contributed by atoms with E-state index in [9.17, 15) is 9.59 Å². The highest BCUT2D eigenvalue weighted by Crippen LogP contribution is 2.29. The van der Waals surface area contributed by atoms with Gasteiger partial charge in [0.05, 0.1) is 21.8 Å². The third-order valence-corrected chi connectivity index (χ3v) is 6.58. The molecule has 0 spiro atoms. The van der Waals surface area contributed by atoms with Crippen LogP contribution in [0.2, 0.25) is 10.0 Å². The molecule has 0 radical (unpaired) electrons. The van der Waals surface area contributed by atoms with Gasteiger partial charge in [0.2, 0.25) is 0 Å². The second kappa shape index (κ2) is 13.1. The quantitative estimate of drug-likeness (QED) is 0.283. The van der Waals surface area contributed by atoms with Crippen molar-refractivity contribution in [2.45, 2.75) is 26.9 Å². The lowest BCUT2D eigenvalue weighted by Gasteiger charge is -2.20. The molecule has 1 aromatic heterocycles. The molecule has 3 aromatic rings. The van der Waals surface area contributed by atoms with Crippen molar-refractivity contribution >= 4 is 57.5 Å². The summed E-state index contributed by atoms with van der Waals surface area (Å²) in [6, 6.07) is 13.7. The lowest BCUT2D eigenvalue weighted by molar-refractivity contribution is 0.155. The average molecular weight is 546 g/mol. The topological polar surface area (TPSA) is 107 Å². The largest absolute Gasteiger partial charge is 0.444 e. The first-order valence-corrected chi connectivity index (χ1v) is 12.8. The Morgan fingerprint density at radius 1 is 1.19 bits per heavy atom. The van der Waals surface area contributed by atoms with Crippen LogP contribution >= 0.6 is 34.5 Å². The predicted molar refractivity (Wildman–Crippen MR) is 144 cm³/mol. The number of hydrogen-bond acceptors (Lipinski definition) is 6. The molecular weight excluding hydrogens is 521 g/mol. The van der Waals surface area contributed by atoms with Crippen LogP contribution in [0.15, 0.2) is 47.8 Å². The van der Waals surface area contributed by atoms with E-state index in [4.69, 9.17) is 33.2 Å². The third-order valence-electron chi connectivity index (χ3n) is 4.98. The van der Waals surface area contributed by atoms with Gasteiger partial charge >= 0.3 is 12.1 Å². The van der Waals surface area contributed by atoms with Gasteiger partial charge in [-0.3, -0.25) is 10.2 Å². The summed E-state index contributed by atoms with van der Waals surface area (Å²) in [5.74, 6) is 0.398. The summed E-state index contributed by atoms with van der Waals surface area (Å²) in [4.78, 5) is 31.1. The summed E-state index contributed by atoms with van der Waals surface area (Å²) < 4.78 is 5.27. The number of rotatable bonds is 9. The lowest BCUT2D eigenvalue weighted by atomic mass is 10.1. The van der Waals surface area contributed by atoms with Gasteiger partial charge in [0, 0.05) is 23.2 Å². The zero-order chi connectivity index (χ0) is 26.1. The number of urea groups is 1. The number of benzene rings is 2. The normalized spacial score (nSPS) is 10.6. The maximum Gasteiger partial charge on any atom is 0.411 e. The minimum atomic E-state index is -0.619. The van der Waals surface area contributed by atoms with Crippen molar-refractivity contribution in [1.29, 1.82) is 5.26 Å². The molecule has 11 heteroatoms. The first kappa shape index (κ1) is 27.3. The number of ether oxygens (including phenoxy) is 1. The number of nitrogens with one attached hydrogen (secondary N) is 2. The number of nitriles is 1. The van der Waals surface area contributed by atoms with Crippen LogP contribution < -0.4 is 15.5 Å². The van der Waals surface area contributed by atoms with Gasteiger partial charge in [0.15, 0.2) is 5.13 Å². The van der Waals surface area contributed by atoms with E-state index in [2.05, 4.69) is 29.5 Å². The van der Waals surface area contributed by atoms with E-state index in [0.717, 1.165) is 12.0 Å². The molecule has 2 aromatic carbocycles. The Bertz CT molecular complexity index is 1260. The molecular formula is C25H25Cl2N5O3S. The van der Waals surface area contributed by atoms with Crippen LogP contribution in [-0.2, 0) is 11.3 Å². The van der Waals surface area contributed by atoms with Gasteiger partial charge in [-0.05, 0) is 42.2 Å². The fourth-order valence-electron chi connectivity index (χ4n) is 3.09. The van der Waals surface area contributed by atoms with Crippen LogP contribution in [0.3, 0.4) is 0 Å². The number of amides is 3. The third kappa shape index (κ3) is 7.85. The molecule has 0 bridgehead atoms. The number of anilines is 2. The molecule has 3 rings (SSSR count). The van der Waals surface area contributed by atoms with Gasteiger partial charge in [-0.2, -0.15) is 5.26 Å². The summed E-state index contributed by atoms with van der Waals surface area (Å²) in [5, 5.41) is 17.3. The number of carbonyl (C=O) groups is 2. The average Bonchev–Trinajstić information content (AvgIpc) is 3.33. The molecule has 0 aliphatic carbocycles. The minimum absolute atomic E-state index is 0.0396.